The van der Waals surface area contributed by atoms with Crippen LogP contribution in [-0.4, -0.2) is 26.4 Å². The summed E-state index contributed by atoms with van der Waals surface area (Å²) in [5, 5.41) is 0. The molecule has 3 rings (SSSR count). The van der Waals surface area contributed by atoms with Crippen LogP contribution in [0.25, 0.3) is 0 Å². The van der Waals surface area contributed by atoms with E-state index in [1.807, 2.05) is 30.3 Å². The predicted octanol–water partition coefficient (Wildman–Crippen LogP) is 3.22. The fourth-order valence-electron chi connectivity index (χ4n) is 1.54. The maximum atomic E-state index is 6.69. The Bertz CT molecular complexity index is 299. The molecule has 19 heavy (non-hydrogen) atoms. The Balaban J connectivity index is 0.000000259. The summed E-state index contributed by atoms with van der Waals surface area (Å²) >= 11 is 0. The van der Waals surface area contributed by atoms with Crippen molar-refractivity contribution >= 4 is 0 Å². The Morgan fingerprint density at radius 1 is 0.789 bits per heavy atom. The van der Waals surface area contributed by atoms with E-state index in [2.05, 4.69) is 5.92 Å². The molecule has 1 aromatic carbocycles. The van der Waals surface area contributed by atoms with E-state index in [9.17, 15) is 0 Å². The van der Waals surface area contributed by atoms with E-state index < -0.39 is 0 Å². The third-order valence-electron chi connectivity index (χ3n) is 2.57. The van der Waals surface area contributed by atoms with Crippen molar-refractivity contribution in [3.05, 3.63) is 42.3 Å². The molecule has 2 aliphatic heterocycles. The average Bonchev–Trinajstić information content (AvgIpc) is 3.17. The molecule has 2 saturated heterocycles. The average molecular weight is 418 g/mol. The number of rotatable bonds is 0. The molecular weight excluding hydrogens is 397 g/mol. The van der Waals surface area contributed by atoms with E-state index in [-0.39, 0.29) is 46.9 Å². The molecule has 0 amide bonds. The Morgan fingerprint density at radius 2 is 1.21 bits per heavy atom. The monoisotopic (exact) mass is 419 g/mol. The standard InChI is InChI=1S/C8H5.2C4H8O.Yb/c1-2-8-6-4-3-5-7-8;2*1-2-4-5-3-1;/h3-7H;2*1-4H2;/q-1;;;. The van der Waals surface area contributed by atoms with Gasteiger partial charge in [-0.2, -0.15) is 0 Å². The van der Waals surface area contributed by atoms with Crippen LogP contribution in [0, 0.1) is 59.3 Å². The molecule has 0 bridgehead atoms. The largest absolute Gasteiger partial charge is 0.381 e. The van der Waals surface area contributed by atoms with Gasteiger partial charge in [-0.1, -0.05) is 18.2 Å². The zero-order valence-corrected chi connectivity index (χ0v) is 12.8. The van der Waals surface area contributed by atoms with Crippen LogP contribution < -0.4 is 0 Å². The molecule has 0 spiro atoms. The molecular formula is C16H21O2Yb-. The summed E-state index contributed by atoms with van der Waals surface area (Å²) in [5.74, 6) is 2.28. The molecule has 0 radical (unpaired) electrons. The minimum Gasteiger partial charge on any atom is -0.381 e. The van der Waals surface area contributed by atoms with E-state index in [1.165, 1.54) is 25.7 Å². The van der Waals surface area contributed by atoms with E-state index in [0.717, 1.165) is 32.0 Å². The van der Waals surface area contributed by atoms with Gasteiger partial charge in [-0.25, -0.2) is 0 Å². The molecule has 0 aliphatic carbocycles. The van der Waals surface area contributed by atoms with Crippen molar-refractivity contribution < 1.29 is 56.4 Å². The van der Waals surface area contributed by atoms with E-state index in [0.29, 0.717) is 0 Å². The molecule has 2 aliphatic rings. The topological polar surface area (TPSA) is 18.5 Å². The van der Waals surface area contributed by atoms with Crippen molar-refractivity contribution in [2.75, 3.05) is 26.4 Å². The van der Waals surface area contributed by atoms with E-state index >= 15 is 0 Å². The van der Waals surface area contributed by atoms with Gasteiger partial charge >= 0.3 is 0 Å². The van der Waals surface area contributed by atoms with E-state index in [1.54, 1.807) is 0 Å². The first-order valence-electron chi connectivity index (χ1n) is 6.57. The van der Waals surface area contributed by atoms with Gasteiger partial charge in [0, 0.05) is 73.4 Å². The Labute approximate surface area is 155 Å². The van der Waals surface area contributed by atoms with Crippen molar-refractivity contribution in [3.8, 4) is 5.92 Å². The molecule has 2 nitrogen and oxygen atoms in total. The van der Waals surface area contributed by atoms with Crippen LogP contribution >= 0.6 is 0 Å². The van der Waals surface area contributed by atoms with Crippen molar-refractivity contribution in [1.29, 1.82) is 0 Å². The van der Waals surface area contributed by atoms with Crippen molar-refractivity contribution in [2.24, 2.45) is 0 Å². The second kappa shape index (κ2) is 14.6. The molecule has 0 atom stereocenters. The molecule has 0 saturated carbocycles. The zero-order chi connectivity index (χ0) is 12.9. The fourth-order valence-corrected chi connectivity index (χ4v) is 1.54. The van der Waals surface area contributed by atoms with Gasteiger partial charge in [0.2, 0.25) is 0 Å². The number of hydrogen-bond donors (Lipinski definition) is 0. The minimum absolute atomic E-state index is 0. The molecule has 0 N–H and O–H groups in total. The van der Waals surface area contributed by atoms with E-state index in [4.69, 9.17) is 15.9 Å². The first kappa shape index (κ1) is 19.2. The van der Waals surface area contributed by atoms with Crippen LogP contribution in [0.1, 0.15) is 31.2 Å². The number of ether oxygens (including phenoxy) is 2. The molecule has 2 fully saturated rings. The van der Waals surface area contributed by atoms with Gasteiger partial charge in [0.15, 0.2) is 0 Å². The number of hydrogen-bond acceptors (Lipinski definition) is 2. The summed E-state index contributed by atoms with van der Waals surface area (Å²) in [6.07, 6.45) is 11.8. The fraction of sp³-hybridized carbons (Fsp3) is 0.500. The van der Waals surface area contributed by atoms with Crippen LogP contribution in [0.4, 0.5) is 0 Å². The normalized spacial score (nSPS) is 15.9. The Kier molecular flexibility index (Phi) is 14.8. The van der Waals surface area contributed by atoms with Crippen LogP contribution in [0.15, 0.2) is 30.3 Å². The molecule has 0 aromatic heterocycles. The molecule has 0 unspecified atom stereocenters. The minimum atomic E-state index is 0. The summed E-state index contributed by atoms with van der Waals surface area (Å²) in [7, 11) is 0. The van der Waals surface area contributed by atoms with Crippen molar-refractivity contribution in [2.45, 2.75) is 25.7 Å². The molecule has 3 heteroatoms. The summed E-state index contributed by atoms with van der Waals surface area (Å²) < 4.78 is 9.89. The van der Waals surface area contributed by atoms with Crippen LogP contribution in [0.3, 0.4) is 0 Å². The van der Waals surface area contributed by atoms with Crippen LogP contribution in [0.5, 0.6) is 0 Å². The SMILES string of the molecule is C1CCOC1.C1CCOC1.[C-]#Cc1ccccc1.[Yb]. The summed E-state index contributed by atoms with van der Waals surface area (Å²) in [5.41, 5.74) is 0.826. The van der Waals surface area contributed by atoms with Gasteiger partial charge in [0.05, 0.1) is 0 Å². The predicted molar refractivity (Wildman–Crippen MR) is 72.8 cm³/mol. The maximum Gasteiger partial charge on any atom is 0.0466 e. The van der Waals surface area contributed by atoms with Crippen molar-refractivity contribution in [3.63, 3.8) is 0 Å². The number of benzene rings is 1. The first-order chi connectivity index (χ1) is 8.93. The molecule has 112 valence electrons. The first-order valence-corrected chi connectivity index (χ1v) is 6.57. The maximum absolute atomic E-state index is 6.69. The zero-order valence-electron chi connectivity index (χ0n) is 11.1. The quantitative estimate of drug-likeness (QED) is 0.476. The van der Waals surface area contributed by atoms with Crippen LogP contribution in [-0.2, 0) is 9.47 Å². The van der Waals surface area contributed by atoms with Gasteiger partial charge in [-0.15, -0.1) is 17.7 Å². The third-order valence-corrected chi connectivity index (χ3v) is 2.57. The van der Waals surface area contributed by atoms with Gasteiger partial charge in [0.25, 0.3) is 0 Å². The summed E-state index contributed by atoms with van der Waals surface area (Å²) in [4.78, 5) is 0. The Morgan fingerprint density at radius 3 is 1.42 bits per heavy atom. The second-order valence-corrected chi connectivity index (χ2v) is 4.13. The second-order valence-electron chi connectivity index (χ2n) is 4.13. The van der Waals surface area contributed by atoms with Gasteiger partial charge < -0.3 is 15.9 Å². The van der Waals surface area contributed by atoms with Gasteiger partial charge in [-0.3, -0.25) is 5.92 Å². The van der Waals surface area contributed by atoms with Gasteiger partial charge in [-0.05, 0) is 25.7 Å². The summed E-state index contributed by atoms with van der Waals surface area (Å²) in [6, 6.07) is 9.37. The molecule has 1 aromatic rings. The summed E-state index contributed by atoms with van der Waals surface area (Å²) in [6.45, 7) is 4.00. The third kappa shape index (κ3) is 11.7. The van der Waals surface area contributed by atoms with Crippen LogP contribution in [0.2, 0.25) is 0 Å². The van der Waals surface area contributed by atoms with Gasteiger partial charge in [0.1, 0.15) is 0 Å². The molecule has 2 heterocycles. The Hall–Kier alpha value is 0.219. The smallest absolute Gasteiger partial charge is 0.0466 e. The van der Waals surface area contributed by atoms with Crippen molar-refractivity contribution in [1.82, 2.24) is 0 Å².